The molecular formula is C12H11NO3. The Kier molecular flexibility index (Phi) is 3.06. The molecule has 0 atom stereocenters. The Morgan fingerprint density at radius 2 is 2.19 bits per heavy atom. The molecule has 1 aliphatic rings. The van der Waals surface area contributed by atoms with E-state index in [-0.39, 0.29) is 19.0 Å². The molecule has 0 spiro atoms. The van der Waals surface area contributed by atoms with Gasteiger partial charge in [0.05, 0.1) is 12.5 Å². The summed E-state index contributed by atoms with van der Waals surface area (Å²) in [6.45, 7) is 0.256. The standard InChI is InChI=1S/C12H11NO3/c13-6-5-10(14)3-1-9-2-4-11-12(7-9)16-8-15-11/h2,4,7H,1,3,5,8H2. The first-order valence-electron chi connectivity index (χ1n) is 5.07. The number of nitrogens with zero attached hydrogens (tertiary/aromatic N) is 1. The highest BCUT2D eigenvalue weighted by atomic mass is 16.7. The molecule has 0 amide bonds. The van der Waals surface area contributed by atoms with Crippen LogP contribution in [0.25, 0.3) is 0 Å². The van der Waals surface area contributed by atoms with Gasteiger partial charge in [-0.25, -0.2) is 0 Å². The number of carbonyl (C=O) groups excluding carboxylic acids is 1. The normalized spacial score (nSPS) is 12.2. The van der Waals surface area contributed by atoms with Crippen molar-refractivity contribution < 1.29 is 14.3 Å². The van der Waals surface area contributed by atoms with Gasteiger partial charge in [0.1, 0.15) is 5.78 Å². The van der Waals surface area contributed by atoms with Crippen LogP contribution in [-0.2, 0) is 11.2 Å². The van der Waals surface area contributed by atoms with Gasteiger partial charge >= 0.3 is 0 Å². The highest BCUT2D eigenvalue weighted by Crippen LogP contribution is 2.32. The van der Waals surface area contributed by atoms with E-state index in [0.717, 1.165) is 17.1 Å². The zero-order valence-electron chi connectivity index (χ0n) is 8.73. The molecule has 0 bridgehead atoms. The minimum absolute atomic E-state index is 0.00937. The number of fused-ring (bicyclic) bond motifs is 1. The maximum atomic E-state index is 11.2. The first-order valence-corrected chi connectivity index (χ1v) is 5.07. The van der Waals surface area contributed by atoms with Crippen LogP contribution >= 0.6 is 0 Å². The monoisotopic (exact) mass is 217 g/mol. The van der Waals surface area contributed by atoms with E-state index in [1.807, 2.05) is 24.3 Å². The van der Waals surface area contributed by atoms with Gasteiger partial charge in [-0.3, -0.25) is 4.79 Å². The number of hydrogen-bond donors (Lipinski definition) is 0. The van der Waals surface area contributed by atoms with E-state index in [1.54, 1.807) is 0 Å². The molecule has 0 radical (unpaired) electrons. The van der Waals surface area contributed by atoms with Crippen LogP contribution < -0.4 is 9.47 Å². The predicted octanol–water partition coefficient (Wildman–Crippen LogP) is 1.83. The zero-order valence-corrected chi connectivity index (χ0v) is 8.73. The van der Waals surface area contributed by atoms with Crippen LogP contribution in [0.5, 0.6) is 11.5 Å². The number of nitriles is 1. The van der Waals surface area contributed by atoms with E-state index < -0.39 is 0 Å². The summed E-state index contributed by atoms with van der Waals surface area (Å²) in [6.07, 6.45) is 1.02. The van der Waals surface area contributed by atoms with Crippen LogP contribution in [0, 0.1) is 11.3 Å². The van der Waals surface area contributed by atoms with E-state index in [9.17, 15) is 4.79 Å². The van der Waals surface area contributed by atoms with Gasteiger partial charge in [-0.2, -0.15) is 5.26 Å². The van der Waals surface area contributed by atoms with Gasteiger partial charge < -0.3 is 9.47 Å². The quantitative estimate of drug-likeness (QED) is 0.772. The third kappa shape index (κ3) is 2.31. The number of rotatable bonds is 4. The molecule has 2 rings (SSSR count). The minimum atomic E-state index is -0.0276. The first-order chi connectivity index (χ1) is 7.79. The van der Waals surface area contributed by atoms with Crippen LogP contribution in [0.3, 0.4) is 0 Å². The molecule has 0 saturated heterocycles. The second-order valence-electron chi connectivity index (χ2n) is 3.56. The fourth-order valence-electron chi connectivity index (χ4n) is 1.56. The number of aryl methyl sites for hydroxylation is 1. The van der Waals surface area contributed by atoms with E-state index in [4.69, 9.17) is 14.7 Å². The summed E-state index contributed by atoms with van der Waals surface area (Å²) in [4.78, 5) is 11.2. The summed E-state index contributed by atoms with van der Waals surface area (Å²) in [5.41, 5.74) is 1.02. The number of Topliss-reactive ketones (excluding diaryl/α,β-unsaturated/α-hetero) is 1. The lowest BCUT2D eigenvalue weighted by Crippen LogP contribution is -1.98. The fraction of sp³-hybridized carbons (Fsp3) is 0.333. The largest absolute Gasteiger partial charge is 0.454 e. The van der Waals surface area contributed by atoms with Gasteiger partial charge in [-0.15, -0.1) is 0 Å². The van der Waals surface area contributed by atoms with Crippen molar-refractivity contribution in [1.29, 1.82) is 5.26 Å². The van der Waals surface area contributed by atoms with Crippen LogP contribution in [0.2, 0.25) is 0 Å². The molecule has 1 heterocycles. The van der Waals surface area contributed by atoms with Gasteiger partial charge in [0, 0.05) is 6.42 Å². The van der Waals surface area contributed by atoms with E-state index >= 15 is 0 Å². The Morgan fingerprint density at radius 1 is 1.38 bits per heavy atom. The summed E-state index contributed by atoms with van der Waals surface area (Å²) in [5, 5.41) is 8.35. The number of ketones is 1. The zero-order chi connectivity index (χ0) is 11.4. The molecule has 0 fully saturated rings. The van der Waals surface area contributed by atoms with Gasteiger partial charge in [0.2, 0.25) is 6.79 Å². The van der Waals surface area contributed by atoms with Crippen LogP contribution in [0.1, 0.15) is 18.4 Å². The summed E-state index contributed by atoms with van der Waals surface area (Å²) >= 11 is 0. The molecule has 0 aromatic heterocycles. The van der Waals surface area contributed by atoms with Crippen molar-refractivity contribution in [3.8, 4) is 17.6 Å². The highest BCUT2D eigenvalue weighted by Gasteiger charge is 2.13. The highest BCUT2D eigenvalue weighted by molar-refractivity contribution is 5.80. The average Bonchev–Trinajstić information content (AvgIpc) is 2.74. The smallest absolute Gasteiger partial charge is 0.231 e. The van der Waals surface area contributed by atoms with Crippen LogP contribution in [0.15, 0.2) is 18.2 Å². The molecule has 0 N–H and O–H groups in total. The summed E-state index contributed by atoms with van der Waals surface area (Å²) in [5.74, 6) is 1.44. The van der Waals surface area contributed by atoms with Gasteiger partial charge in [0.25, 0.3) is 0 Å². The lowest BCUT2D eigenvalue weighted by molar-refractivity contribution is -0.118. The van der Waals surface area contributed by atoms with Crippen molar-refractivity contribution in [2.24, 2.45) is 0 Å². The van der Waals surface area contributed by atoms with Crippen LogP contribution in [0.4, 0.5) is 0 Å². The molecule has 16 heavy (non-hydrogen) atoms. The molecule has 0 saturated carbocycles. The van der Waals surface area contributed by atoms with Crippen LogP contribution in [-0.4, -0.2) is 12.6 Å². The van der Waals surface area contributed by atoms with E-state index in [2.05, 4.69) is 0 Å². The Morgan fingerprint density at radius 3 is 3.00 bits per heavy atom. The van der Waals surface area contributed by atoms with Gasteiger partial charge in [0.15, 0.2) is 11.5 Å². The van der Waals surface area contributed by atoms with E-state index in [1.165, 1.54) is 0 Å². The Labute approximate surface area is 93.4 Å². The molecule has 1 aliphatic heterocycles. The molecule has 0 unspecified atom stereocenters. The predicted molar refractivity (Wildman–Crippen MR) is 56.1 cm³/mol. The molecule has 1 aromatic carbocycles. The number of hydrogen-bond acceptors (Lipinski definition) is 4. The van der Waals surface area contributed by atoms with Crippen molar-refractivity contribution in [3.63, 3.8) is 0 Å². The topological polar surface area (TPSA) is 59.3 Å². The Bertz CT molecular complexity index is 448. The van der Waals surface area contributed by atoms with Crippen molar-refractivity contribution in [2.45, 2.75) is 19.3 Å². The lowest BCUT2D eigenvalue weighted by Gasteiger charge is -2.01. The second kappa shape index (κ2) is 4.67. The minimum Gasteiger partial charge on any atom is -0.454 e. The fourth-order valence-corrected chi connectivity index (χ4v) is 1.56. The van der Waals surface area contributed by atoms with Gasteiger partial charge in [-0.05, 0) is 24.1 Å². The number of benzene rings is 1. The number of ether oxygens (including phenoxy) is 2. The van der Waals surface area contributed by atoms with Crippen molar-refractivity contribution in [1.82, 2.24) is 0 Å². The first kappa shape index (κ1) is 10.5. The van der Waals surface area contributed by atoms with Crippen molar-refractivity contribution in [3.05, 3.63) is 23.8 Å². The Hall–Kier alpha value is -2.02. The Balaban J connectivity index is 1.96. The molecule has 4 nitrogen and oxygen atoms in total. The van der Waals surface area contributed by atoms with E-state index in [0.29, 0.717) is 12.8 Å². The third-order valence-corrected chi connectivity index (χ3v) is 2.41. The summed E-state index contributed by atoms with van der Waals surface area (Å²) in [7, 11) is 0. The van der Waals surface area contributed by atoms with Gasteiger partial charge in [-0.1, -0.05) is 6.07 Å². The third-order valence-electron chi connectivity index (χ3n) is 2.41. The van der Waals surface area contributed by atoms with Crippen molar-refractivity contribution >= 4 is 5.78 Å². The maximum Gasteiger partial charge on any atom is 0.231 e. The molecular weight excluding hydrogens is 206 g/mol. The maximum absolute atomic E-state index is 11.2. The molecule has 1 aromatic rings. The number of carbonyl (C=O) groups is 1. The molecule has 82 valence electrons. The SMILES string of the molecule is N#CCC(=O)CCc1ccc2c(c1)OCO2. The average molecular weight is 217 g/mol. The summed E-state index contributed by atoms with van der Waals surface area (Å²) < 4.78 is 10.4. The molecule has 4 heteroatoms. The molecule has 0 aliphatic carbocycles. The lowest BCUT2D eigenvalue weighted by atomic mass is 10.1. The van der Waals surface area contributed by atoms with Crippen molar-refractivity contribution in [2.75, 3.05) is 6.79 Å². The summed E-state index contributed by atoms with van der Waals surface area (Å²) in [6, 6.07) is 7.48. The second-order valence-corrected chi connectivity index (χ2v) is 3.56.